The first-order valence-electron chi connectivity index (χ1n) is 9.74. The quantitative estimate of drug-likeness (QED) is 0.512. The van der Waals surface area contributed by atoms with Gasteiger partial charge in [-0.15, -0.1) is 0 Å². The predicted molar refractivity (Wildman–Crippen MR) is 117 cm³/mol. The average molecular weight is 417 g/mol. The third-order valence-corrected chi connectivity index (χ3v) is 5.66. The van der Waals surface area contributed by atoms with Gasteiger partial charge in [0, 0.05) is 40.5 Å². The maximum atomic E-state index is 12.6. The molecule has 158 valence electrons. The van der Waals surface area contributed by atoms with E-state index in [9.17, 15) is 9.59 Å². The number of amides is 2. The molecule has 4 rings (SSSR count). The molecule has 0 fully saturated rings. The summed E-state index contributed by atoms with van der Waals surface area (Å²) >= 11 is 0. The molecule has 31 heavy (non-hydrogen) atoms. The van der Waals surface area contributed by atoms with Gasteiger partial charge < -0.3 is 11.5 Å². The van der Waals surface area contributed by atoms with Crippen LogP contribution < -0.4 is 11.5 Å². The minimum Gasteiger partial charge on any atom is -0.366 e. The Morgan fingerprint density at radius 3 is 2.32 bits per heavy atom. The fraction of sp³-hybridized carbons (Fsp3) is 0.227. The van der Waals surface area contributed by atoms with E-state index in [4.69, 9.17) is 11.5 Å². The lowest BCUT2D eigenvalue weighted by atomic mass is 9.92. The van der Waals surface area contributed by atoms with Crippen molar-refractivity contribution in [2.75, 3.05) is 0 Å². The molecule has 0 atom stereocenters. The molecule has 3 heterocycles. The standard InChI is InChI=1S/C22H23N7O2/c1-11-17(13(3)29(27-11)10-14-9-25-28(4)12(14)2)19-18(21(23)30)15-7-5-6-8-16(15)26-20(19)22(24)31/h5-9H,10H2,1-4H3,(H2,23,30)(H2,24,31). The number of hydrogen-bond acceptors (Lipinski definition) is 5. The molecule has 4 aromatic rings. The molecule has 2 amide bonds. The van der Waals surface area contributed by atoms with Crippen molar-refractivity contribution in [3.05, 3.63) is 64.4 Å². The normalized spacial score (nSPS) is 11.2. The molecule has 9 heteroatoms. The number of pyridine rings is 1. The molecular formula is C22H23N7O2. The van der Waals surface area contributed by atoms with E-state index in [1.807, 2.05) is 32.5 Å². The molecule has 3 aromatic heterocycles. The summed E-state index contributed by atoms with van der Waals surface area (Å²) in [4.78, 5) is 29.4. The molecule has 4 N–H and O–H groups in total. The number of hydrogen-bond donors (Lipinski definition) is 2. The highest BCUT2D eigenvalue weighted by Crippen LogP contribution is 2.36. The van der Waals surface area contributed by atoms with Gasteiger partial charge in [-0.1, -0.05) is 18.2 Å². The molecule has 0 aliphatic carbocycles. The second-order valence-electron chi connectivity index (χ2n) is 7.54. The third-order valence-electron chi connectivity index (χ3n) is 5.66. The fourth-order valence-corrected chi connectivity index (χ4v) is 3.96. The van der Waals surface area contributed by atoms with Crippen molar-refractivity contribution in [1.29, 1.82) is 0 Å². The zero-order chi connectivity index (χ0) is 22.4. The van der Waals surface area contributed by atoms with Gasteiger partial charge in [-0.25, -0.2) is 4.98 Å². The van der Waals surface area contributed by atoms with Crippen molar-refractivity contribution in [3.8, 4) is 11.1 Å². The van der Waals surface area contributed by atoms with Gasteiger partial charge >= 0.3 is 0 Å². The fourth-order valence-electron chi connectivity index (χ4n) is 3.96. The highest BCUT2D eigenvalue weighted by atomic mass is 16.1. The van der Waals surface area contributed by atoms with E-state index in [-0.39, 0.29) is 11.3 Å². The van der Waals surface area contributed by atoms with Gasteiger partial charge in [-0.2, -0.15) is 10.2 Å². The Bertz CT molecular complexity index is 1360. The summed E-state index contributed by atoms with van der Waals surface area (Å²) in [5, 5.41) is 9.50. The van der Waals surface area contributed by atoms with Crippen LogP contribution in [0.25, 0.3) is 22.0 Å². The summed E-state index contributed by atoms with van der Waals surface area (Å²) in [6, 6.07) is 7.03. The van der Waals surface area contributed by atoms with Crippen LogP contribution in [-0.2, 0) is 13.6 Å². The highest BCUT2D eigenvalue weighted by molar-refractivity contribution is 6.15. The van der Waals surface area contributed by atoms with Crippen molar-refractivity contribution in [2.45, 2.75) is 27.3 Å². The van der Waals surface area contributed by atoms with Crippen molar-refractivity contribution < 1.29 is 9.59 Å². The molecule has 9 nitrogen and oxygen atoms in total. The zero-order valence-electron chi connectivity index (χ0n) is 17.8. The summed E-state index contributed by atoms with van der Waals surface area (Å²) < 4.78 is 3.62. The zero-order valence-corrected chi connectivity index (χ0v) is 17.8. The maximum Gasteiger partial charge on any atom is 0.267 e. The molecule has 0 unspecified atom stereocenters. The number of benzene rings is 1. The Morgan fingerprint density at radius 1 is 1.00 bits per heavy atom. The second kappa shape index (κ2) is 7.35. The molecule has 1 aromatic carbocycles. The molecule has 0 aliphatic rings. The van der Waals surface area contributed by atoms with E-state index in [0.717, 1.165) is 17.0 Å². The van der Waals surface area contributed by atoms with Gasteiger partial charge in [0.25, 0.3) is 5.91 Å². The van der Waals surface area contributed by atoms with Crippen LogP contribution in [0.3, 0.4) is 0 Å². The van der Waals surface area contributed by atoms with Gasteiger partial charge in [0.15, 0.2) is 0 Å². The van der Waals surface area contributed by atoms with Crippen LogP contribution in [0, 0.1) is 20.8 Å². The Balaban J connectivity index is 2.01. The minimum absolute atomic E-state index is 0.00388. The van der Waals surface area contributed by atoms with Gasteiger partial charge in [0.1, 0.15) is 5.69 Å². The summed E-state index contributed by atoms with van der Waals surface area (Å²) in [6.45, 7) is 6.18. The number of aryl methyl sites for hydroxylation is 2. The van der Waals surface area contributed by atoms with E-state index in [1.54, 1.807) is 35.1 Å². The van der Waals surface area contributed by atoms with Crippen molar-refractivity contribution in [3.63, 3.8) is 0 Å². The molecule has 0 saturated carbocycles. The Hall–Kier alpha value is -4.01. The van der Waals surface area contributed by atoms with E-state index >= 15 is 0 Å². The predicted octanol–water partition coefficient (Wildman–Crippen LogP) is 2.00. The molecule has 0 aliphatic heterocycles. The first-order chi connectivity index (χ1) is 14.7. The molecule has 0 bridgehead atoms. The minimum atomic E-state index is -0.738. The molecule has 0 radical (unpaired) electrons. The van der Waals surface area contributed by atoms with E-state index < -0.39 is 11.8 Å². The maximum absolute atomic E-state index is 12.6. The SMILES string of the molecule is Cc1nn(Cc2cnn(C)c2C)c(C)c1-c1c(C(N)=O)nc2ccccc2c1C(N)=O. The van der Waals surface area contributed by atoms with E-state index in [1.165, 1.54) is 0 Å². The summed E-state index contributed by atoms with van der Waals surface area (Å²) in [5.74, 6) is -1.40. The van der Waals surface area contributed by atoms with Crippen LogP contribution in [0.5, 0.6) is 0 Å². The van der Waals surface area contributed by atoms with Crippen LogP contribution in [0.1, 0.15) is 43.5 Å². The lowest BCUT2D eigenvalue weighted by Crippen LogP contribution is -2.21. The molecule has 0 saturated heterocycles. The van der Waals surface area contributed by atoms with Gasteiger partial charge in [-0.3, -0.25) is 19.0 Å². The first kappa shape index (κ1) is 20.3. The Labute approximate surface area is 178 Å². The number of fused-ring (bicyclic) bond motifs is 1. The number of carbonyl (C=O) groups excluding carboxylic acids is 2. The van der Waals surface area contributed by atoms with Crippen molar-refractivity contribution in [2.24, 2.45) is 18.5 Å². The smallest absolute Gasteiger partial charge is 0.267 e. The number of aromatic nitrogens is 5. The van der Waals surface area contributed by atoms with E-state index in [2.05, 4.69) is 15.2 Å². The highest BCUT2D eigenvalue weighted by Gasteiger charge is 2.27. The summed E-state index contributed by atoms with van der Waals surface area (Å²) in [5.41, 5.74) is 16.5. The van der Waals surface area contributed by atoms with E-state index in [0.29, 0.717) is 34.3 Å². The average Bonchev–Trinajstić information content (AvgIpc) is 3.18. The van der Waals surface area contributed by atoms with Crippen LogP contribution in [-0.4, -0.2) is 36.4 Å². The van der Waals surface area contributed by atoms with Gasteiger partial charge in [0.05, 0.1) is 29.5 Å². The number of rotatable bonds is 5. The number of primary amides is 2. The van der Waals surface area contributed by atoms with Gasteiger partial charge in [0.2, 0.25) is 5.91 Å². The number of nitrogens with zero attached hydrogens (tertiary/aromatic N) is 5. The lowest BCUT2D eigenvalue weighted by molar-refractivity contribution is 0.0996. The van der Waals surface area contributed by atoms with Crippen LogP contribution in [0.15, 0.2) is 30.5 Å². The molecular weight excluding hydrogens is 394 g/mol. The van der Waals surface area contributed by atoms with Crippen LogP contribution in [0.2, 0.25) is 0 Å². The number of nitrogens with two attached hydrogens (primary N) is 2. The van der Waals surface area contributed by atoms with Crippen molar-refractivity contribution >= 4 is 22.7 Å². The largest absolute Gasteiger partial charge is 0.366 e. The number of carbonyl (C=O) groups is 2. The summed E-state index contributed by atoms with van der Waals surface area (Å²) in [6.07, 6.45) is 1.80. The topological polar surface area (TPSA) is 135 Å². The van der Waals surface area contributed by atoms with Crippen molar-refractivity contribution in [1.82, 2.24) is 24.5 Å². The monoisotopic (exact) mass is 417 g/mol. The second-order valence-corrected chi connectivity index (χ2v) is 7.54. The third kappa shape index (κ3) is 3.24. The molecule has 0 spiro atoms. The van der Waals surface area contributed by atoms with Gasteiger partial charge in [-0.05, 0) is 26.8 Å². The van der Waals surface area contributed by atoms with Crippen LogP contribution >= 0.6 is 0 Å². The van der Waals surface area contributed by atoms with Crippen LogP contribution in [0.4, 0.5) is 0 Å². The lowest BCUT2D eigenvalue weighted by Gasteiger charge is -2.14. The number of para-hydroxylation sites is 1. The summed E-state index contributed by atoms with van der Waals surface area (Å²) in [7, 11) is 1.88. The Morgan fingerprint density at radius 2 is 1.71 bits per heavy atom. The first-order valence-corrected chi connectivity index (χ1v) is 9.74. The Kier molecular flexibility index (Phi) is 4.81.